The fourth-order valence-electron chi connectivity index (χ4n) is 3.14. The Kier molecular flexibility index (Phi) is 8.32. The molecule has 0 aliphatic carbocycles. The molecule has 0 saturated carbocycles. The highest BCUT2D eigenvalue weighted by Gasteiger charge is 2.28. The number of halogens is 2. The van der Waals surface area contributed by atoms with E-state index in [1.165, 1.54) is 0 Å². The summed E-state index contributed by atoms with van der Waals surface area (Å²) in [6.45, 7) is 2.24. The molecule has 1 amide bonds. The third-order valence-corrected chi connectivity index (χ3v) is 5.37. The van der Waals surface area contributed by atoms with Gasteiger partial charge in [-0.25, -0.2) is 4.98 Å². The maximum absolute atomic E-state index is 12.9. The van der Waals surface area contributed by atoms with E-state index in [2.05, 4.69) is 20.3 Å². The molecule has 1 fully saturated rings. The van der Waals surface area contributed by atoms with Crippen molar-refractivity contribution in [1.29, 1.82) is 0 Å². The number of aromatic nitrogens is 3. The lowest BCUT2D eigenvalue weighted by atomic mass is 10.0. The molecule has 3 aromatic rings. The number of hydrogen-bond acceptors (Lipinski definition) is 6. The minimum atomic E-state index is 0. The predicted molar refractivity (Wildman–Crippen MR) is 115 cm³/mol. The fraction of sp³-hybridized carbons (Fsp3) is 0.263. The van der Waals surface area contributed by atoms with Gasteiger partial charge in [-0.15, -0.1) is 36.2 Å². The van der Waals surface area contributed by atoms with Crippen molar-refractivity contribution in [1.82, 2.24) is 25.2 Å². The topological polar surface area (TPSA) is 71.0 Å². The van der Waals surface area contributed by atoms with Crippen LogP contribution < -0.4 is 5.32 Å². The van der Waals surface area contributed by atoms with E-state index in [1.807, 2.05) is 40.7 Å². The van der Waals surface area contributed by atoms with Crippen molar-refractivity contribution in [2.75, 3.05) is 19.6 Å². The Morgan fingerprint density at radius 1 is 1.18 bits per heavy atom. The molecule has 28 heavy (non-hydrogen) atoms. The Bertz CT molecular complexity index is 878. The van der Waals surface area contributed by atoms with E-state index in [0.717, 1.165) is 34.9 Å². The van der Waals surface area contributed by atoms with E-state index in [-0.39, 0.29) is 36.8 Å². The fourth-order valence-corrected chi connectivity index (χ4v) is 3.95. The molecule has 4 rings (SSSR count). The quantitative estimate of drug-likeness (QED) is 0.678. The van der Waals surface area contributed by atoms with Gasteiger partial charge in [-0.05, 0) is 23.8 Å². The molecule has 1 unspecified atom stereocenters. The van der Waals surface area contributed by atoms with Crippen LogP contribution in [0.5, 0.6) is 0 Å². The number of amides is 1. The van der Waals surface area contributed by atoms with Crippen LogP contribution in [0.1, 0.15) is 17.3 Å². The number of hydrogen-bond donors (Lipinski definition) is 1. The van der Waals surface area contributed by atoms with Crippen molar-refractivity contribution >= 4 is 42.1 Å². The van der Waals surface area contributed by atoms with Gasteiger partial charge in [-0.3, -0.25) is 14.8 Å². The third-order valence-electron chi connectivity index (χ3n) is 4.43. The van der Waals surface area contributed by atoms with Crippen molar-refractivity contribution in [3.63, 3.8) is 0 Å². The zero-order chi connectivity index (χ0) is 17.8. The molecule has 1 aliphatic heterocycles. The molecule has 0 spiro atoms. The standard InChI is InChI=1S/C19H19N5OS.2ClH/c25-18(9-16-13-26-19(23-16)15-4-2-6-21-11-15)24-8-7-22-12-17(24)14-3-1-5-20-10-14;;/h1-6,10-11,13,17,22H,7-9,12H2;2*1H. The Labute approximate surface area is 180 Å². The van der Waals surface area contributed by atoms with E-state index in [4.69, 9.17) is 0 Å². The smallest absolute Gasteiger partial charge is 0.229 e. The average molecular weight is 438 g/mol. The van der Waals surface area contributed by atoms with Gasteiger partial charge in [0.1, 0.15) is 5.01 Å². The van der Waals surface area contributed by atoms with Crippen LogP contribution in [0.25, 0.3) is 10.6 Å². The molecule has 1 saturated heterocycles. The normalized spacial score (nSPS) is 16.0. The second-order valence-corrected chi connectivity index (χ2v) is 7.01. The van der Waals surface area contributed by atoms with Crippen molar-refractivity contribution in [2.45, 2.75) is 12.5 Å². The molecule has 9 heteroatoms. The van der Waals surface area contributed by atoms with Gasteiger partial charge < -0.3 is 10.2 Å². The van der Waals surface area contributed by atoms with Gasteiger partial charge in [0.15, 0.2) is 0 Å². The number of piperazine rings is 1. The van der Waals surface area contributed by atoms with Crippen molar-refractivity contribution in [3.05, 3.63) is 65.7 Å². The lowest BCUT2D eigenvalue weighted by Crippen LogP contribution is -2.49. The number of carbonyl (C=O) groups is 1. The van der Waals surface area contributed by atoms with Gasteiger partial charge in [-0.1, -0.05) is 6.07 Å². The number of nitrogens with zero attached hydrogens (tertiary/aromatic N) is 4. The summed E-state index contributed by atoms with van der Waals surface area (Å²) in [6, 6.07) is 7.82. The van der Waals surface area contributed by atoms with Gasteiger partial charge in [0, 0.05) is 55.4 Å². The first kappa shape index (κ1) is 22.2. The second kappa shape index (κ2) is 10.5. The van der Waals surface area contributed by atoms with Crippen LogP contribution in [-0.2, 0) is 11.2 Å². The van der Waals surface area contributed by atoms with E-state index < -0.39 is 0 Å². The van der Waals surface area contributed by atoms with E-state index >= 15 is 0 Å². The maximum atomic E-state index is 12.9. The monoisotopic (exact) mass is 437 g/mol. The number of thiazole rings is 1. The molecule has 1 aliphatic rings. The second-order valence-electron chi connectivity index (χ2n) is 6.16. The molecular weight excluding hydrogens is 417 g/mol. The molecule has 3 aromatic heterocycles. The zero-order valence-electron chi connectivity index (χ0n) is 15.0. The molecule has 0 bridgehead atoms. The van der Waals surface area contributed by atoms with Crippen molar-refractivity contribution < 1.29 is 4.79 Å². The van der Waals surface area contributed by atoms with Crippen molar-refractivity contribution in [2.24, 2.45) is 0 Å². The summed E-state index contributed by atoms with van der Waals surface area (Å²) < 4.78 is 0. The first-order chi connectivity index (χ1) is 12.8. The predicted octanol–water partition coefficient (Wildman–Crippen LogP) is 3.16. The third kappa shape index (κ3) is 5.05. The molecule has 4 heterocycles. The zero-order valence-corrected chi connectivity index (χ0v) is 17.5. The van der Waals surface area contributed by atoms with Crippen LogP contribution in [-0.4, -0.2) is 45.4 Å². The van der Waals surface area contributed by atoms with E-state index in [0.29, 0.717) is 13.0 Å². The largest absolute Gasteiger partial charge is 0.333 e. The van der Waals surface area contributed by atoms with Gasteiger partial charge in [0.2, 0.25) is 5.91 Å². The van der Waals surface area contributed by atoms with Gasteiger partial charge >= 0.3 is 0 Å². The van der Waals surface area contributed by atoms with Crippen LogP contribution in [0, 0.1) is 0 Å². The first-order valence-corrected chi connectivity index (χ1v) is 9.44. The molecule has 1 N–H and O–H groups in total. The summed E-state index contributed by atoms with van der Waals surface area (Å²) in [7, 11) is 0. The highest BCUT2D eigenvalue weighted by atomic mass is 35.5. The van der Waals surface area contributed by atoms with E-state index in [9.17, 15) is 4.79 Å². The van der Waals surface area contributed by atoms with Crippen LogP contribution in [0.2, 0.25) is 0 Å². The van der Waals surface area contributed by atoms with Crippen LogP contribution >= 0.6 is 36.2 Å². The SMILES string of the molecule is Cl.Cl.O=C(Cc1csc(-c2cccnc2)n1)N1CCNCC1c1cccnc1. The Morgan fingerprint density at radius 3 is 2.68 bits per heavy atom. The number of rotatable bonds is 4. The lowest BCUT2D eigenvalue weighted by Gasteiger charge is -2.36. The Morgan fingerprint density at radius 2 is 1.96 bits per heavy atom. The highest BCUT2D eigenvalue weighted by molar-refractivity contribution is 7.13. The molecule has 1 atom stereocenters. The average Bonchev–Trinajstić information content (AvgIpc) is 3.18. The summed E-state index contributed by atoms with van der Waals surface area (Å²) in [6.07, 6.45) is 7.43. The van der Waals surface area contributed by atoms with Crippen molar-refractivity contribution in [3.8, 4) is 10.6 Å². The molecule has 6 nitrogen and oxygen atoms in total. The summed E-state index contributed by atoms with van der Waals surface area (Å²) in [5, 5.41) is 6.22. The van der Waals surface area contributed by atoms with Crippen LogP contribution in [0.4, 0.5) is 0 Å². The Hall–Kier alpha value is -2.06. The summed E-state index contributed by atoms with van der Waals surface area (Å²) in [4.78, 5) is 27.8. The van der Waals surface area contributed by atoms with Crippen LogP contribution in [0.15, 0.2) is 54.4 Å². The minimum absolute atomic E-state index is 0. The molecule has 0 aromatic carbocycles. The Balaban J connectivity index is 0.00000140. The maximum Gasteiger partial charge on any atom is 0.229 e. The highest BCUT2D eigenvalue weighted by Crippen LogP contribution is 2.25. The summed E-state index contributed by atoms with van der Waals surface area (Å²) in [5.41, 5.74) is 2.84. The number of carbonyl (C=O) groups excluding carboxylic acids is 1. The number of pyridine rings is 2. The van der Waals surface area contributed by atoms with Gasteiger partial charge in [0.25, 0.3) is 0 Å². The minimum Gasteiger partial charge on any atom is -0.333 e. The van der Waals surface area contributed by atoms with E-state index in [1.54, 1.807) is 29.9 Å². The molecular formula is C19H21Cl2N5OS. The molecule has 0 radical (unpaired) electrons. The number of nitrogens with one attached hydrogen (secondary N) is 1. The van der Waals surface area contributed by atoms with Gasteiger partial charge in [-0.2, -0.15) is 0 Å². The first-order valence-electron chi connectivity index (χ1n) is 8.56. The summed E-state index contributed by atoms with van der Waals surface area (Å²) >= 11 is 1.54. The summed E-state index contributed by atoms with van der Waals surface area (Å²) in [5.74, 6) is 0.100. The van der Waals surface area contributed by atoms with Gasteiger partial charge in [0.05, 0.1) is 18.2 Å². The molecule has 148 valence electrons. The lowest BCUT2D eigenvalue weighted by molar-refractivity contribution is -0.133. The van der Waals surface area contributed by atoms with Crippen LogP contribution in [0.3, 0.4) is 0 Å².